The van der Waals surface area contributed by atoms with Gasteiger partial charge in [0.1, 0.15) is 11.6 Å². The van der Waals surface area contributed by atoms with Crippen molar-refractivity contribution in [2.45, 2.75) is 17.3 Å². The number of rotatable bonds is 7. The third-order valence-electron chi connectivity index (χ3n) is 4.69. The molecule has 0 unspecified atom stereocenters. The van der Waals surface area contributed by atoms with Crippen LogP contribution in [0.1, 0.15) is 5.56 Å². The van der Waals surface area contributed by atoms with E-state index in [1.807, 2.05) is 0 Å². The van der Waals surface area contributed by atoms with Crippen LogP contribution in [0, 0.1) is 15.9 Å². The van der Waals surface area contributed by atoms with Crippen LogP contribution in [0.5, 0.6) is 5.75 Å². The van der Waals surface area contributed by atoms with Gasteiger partial charge in [-0.25, -0.2) is 9.37 Å². The summed E-state index contributed by atoms with van der Waals surface area (Å²) >= 11 is 1.33. The molecule has 174 valence electrons. The quantitative estimate of drug-likeness (QED) is 0.124. The van der Waals surface area contributed by atoms with Crippen LogP contribution in [-0.2, 0) is 5.75 Å². The monoisotopic (exact) mass is 489 g/mol. The summed E-state index contributed by atoms with van der Waals surface area (Å²) < 4.78 is 56.4. The number of ether oxygens (including phenoxy) is 1. The van der Waals surface area contributed by atoms with E-state index in [-0.39, 0.29) is 17.3 Å². The van der Waals surface area contributed by atoms with Crippen LogP contribution in [0.4, 0.5) is 23.2 Å². The molecule has 0 radical (unpaired) electrons. The number of thioether (sulfide) groups is 1. The number of aromatic nitrogens is 2. The van der Waals surface area contributed by atoms with Gasteiger partial charge in [-0.1, -0.05) is 36.0 Å². The number of halogens is 4. The highest BCUT2D eigenvalue weighted by Gasteiger charge is 2.31. The Hall–Kier alpha value is -3.86. The molecule has 4 rings (SSSR count). The predicted octanol–water partition coefficient (Wildman–Crippen LogP) is 6.78. The highest BCUT2D eigenvalue weighted by Crippen LogP contribution is 2.34. The van der Waals surface area contributed by atoms with Crippen molar-refractivity contribution < 1.29 is 27.2 Å². The first kappa shape index (κ1) is 23.3. The highest BCUT2D eigenvalue weighted by atomic mass is 32.2. The molecule has 34 heavy (non-hydrogen) atoms. The van der Waals surface area contributed by atoms with Crippen LogP contribution in [-0.4, -0.2) is 20.8 Å². The number of alkyl halides is 3. The van der Waals surface area contributed by atoms with Crippen molar-refractivity contribution in [1.82, 2.24) is 9.55 Å². The molecule has 0 saturated heterocycles. The molecule has 0 aliphatic carbocycles. The number of nitro groups is 1. The Balaban J connectivity index is 1.73. The van der Waals surface area contributed by atoms with Gasteiger partial charge in [-0.2, -0.15) is 0 Å². The van der Waals surface area contributed by atoms with E-state index < -0.39 is 11.3 Å². The lowest BCUT2D eigenvalue weighted by atomic mass is 10.1. The van der Waals surface area contributed by atoms with Crippen molar-refractivity contribution in [3.8, 4) is 22.7 Å². The Morgan fingerprint density at radius 3 is 2.38 bits per heavy atom. The van der Waals surface area contributed by atoms with Crippen LogP contribution in [0.15, 0.2) is 84.1 Å². The Labute approximate surface area is 195 Å². The van der Waals surface area contributed by atoms with Crippen molar-refractivity contribution in [2.24, 2.45) is 0 Å². The van der Waals surface area contributed by atoms with Crippen LogP contribution in [0.25, 0.3) is 16.9 Å². The molecule has 4 aromatic rings. The van der Waals surface area contributed by atoms with Crippen molar-refractivity contribution >= 4 is 17.4 Å². The SMILES string of the molecule is O=[N+]([O-])c1cccc(-c2cnc(SCc3ccc(F)cc3)n2-c2ccc(OC(F)(F)F)cc2)c1. The van der Waals surface area contributed by atoms with Crippen molar-refractivity contribution in [3.05, 3.63) is 100 Å². The van der Waals surface area contributed by atoms with E-state index in [2.05, 4.69) is 9.72 Å². The van der Waals surface area contributed by atoms with Gasteiger partial charge in [0.15, 0.2) is 5.16 Å². The minimum Gasteiger partial charge on any atom is -0.406 e. The zero-order chi connectivity index (χ0) is 24.3. The second-order valence-corrected chi connectivity index (χ2v) is 7.97. The Bertz CT molecular complexity index is 1310. The number of non-ortho nitro benzene ring substituents is 1. The lowest BCUT2D eigenvalue weighted by Crippen LogP contribution is -2.17. The second-order valence-electron chi connectivity index (χ2n) is 7.03. The van der Waals surface area contributed by atoms with E-state index >= 15 is 0 Å². The van der Waals surface area contributed by atoms with Crippen molar-refractivity contribution in [3.63, 3.8) is 0 Å². The molecular formula is C23H15F4N3O3S. The molecule has 1 aromatic heterocycles. The first-order chi connectivity index (χ1) is 16.2. The van der Waals surface area contributed by atoms with E-state index in [0.717, 1.165) is 5.56 Å². The minimum atomic E-state index is -4.82. The Morgan fingerprint density at radius 1 is 1.03 bits per heavy atom. The number of imidazole rings is 1. The molecule has 0 spiro atoms. The molecule has 0 aliphatic rings. The summed E-state index contributed by atoms with van der Waals surface area (Å²) in [6.07, 6.45) is -3.28. The van der Waals surface area contributed by atoms with Gasteiger partial charge >= 0.3 is 6.36 Å². The Kier molecular flexibility index (Phi) is 6.55. The molecule has 0 aliphatic heterocycles. The lowest BCUT2D eigenvalue weighted by molar-refractivity contribution is -0.384. The summed E-state index contributed by atoms with van der Waals surface area (Å²) in [5.74, 6) is -0.292. The van der Waals surface area contributed by atoms with Gasteiger partial charge in [0.2, 0.25) is 0 Å². The maximum Gasteiger partial charge on any atom is 0.573 e. The van der Waals surface area contributed by atoms with Crippen LogP contribution >= 0.6 is 11.8 Å². The molecule has 0 N–H and O–H groups in total. The van der Waals surface area contributed by atoms with Gasteiger partial charge in [-0.05, 0) is 42.0 Å². The number of benzene rings is 3. The summed E-state index contributed by atoms with van der Waals surface area (Å²) in [6.45, 7) is 0. The number of hydrogen-bond donors (Lipinski definition) is 0. The average molecular weight is 489 g/mol. The summed E-state index contributed by atoms with van der Waals surface area (Å²) in [7, 11) is 0. The summed E-state index contributed by atoms with van der Waals surface area (Å²) in [5.41, 5.74) is 2.22. The van der Waals surface area contributed by atoms with E-state index in [9.17, 15) is 27.7 Å². The maximum atomic E-state index is 13.2. The first-order valence-electron chi connectivity index (χ1n) is 9.75. The van der Waals surface area contributed by atoms with E-state index in [1.54, 1.807) is 22.8 Å². The summed E-state index contributed by atoms with van der Waals surface area (Å²) in [6, 6.07) is 17.2. The minimum absolute atomic E-state index is 0.111. The third kappa shape index (κ3) is 5.54. The smallest absolute Gasteiger partial charge is 0.406 e. The van der Waals surface area contributed by atoms with Crippen molar-refractivity contribution in [1.29, 1.82) is 0 Å². The first-order valence-corrected chi connectivity index (χ1v) is 10.7. The second kappa shape index (κ2) is 9.56. The van der Waals surface area contributed by atoms with E-state index in [1.165, 1.54) is 72.6 Å². The van der Waals surface area contributed by atoms with Gasteiger partial charge < -0.3 is 4.74 Å². The van der Waals surface area contributed by atoms with Crippen LogP contribution in [0.3, 0.4) is 0 Å². The topological polar surface area (TPSA) is 70.2 Å². The fourth-order valence-corrected chi connectivity index (χ4v) is 4.14. The molecule has 1 heterocycles. The third-order valence-corrected chi connectivity index (χ3v) is 5.72. The molecule has 0 atom stereocenters. The molecule has 0 saturated carbocycles. The largest absolute Gasteiger partial charge is 0.573 e. The van der Waals surface area contributed by atoms with Gasteiger partial charge in [0.25, 0.3) is 5.69 Å². The summed E-state index contributed by atoms with van der Waals surface area (Å²) in [5, 5.41) is 11.7. The predicted molar refractivity (Wildman–Crippen MR) is 118 cm³/mol. The summed E-state index contributed by atoms with van der Waals surface area (Å²) in [4.78, 5) is 15.1. The van der Waals surface area contributed by atoms with E-state index in [0.29, 0.717) is 27.9 Å². The lowest BCUT2D eigenvalue weighted by Gasteiger charge is -2.14. The van der Waals surface area contributed by atoms with Gasteiger partial charge in [-0.3, -0.25) is 14.7 Å². The number of nitro benzene ring substituents is 1. The molecule has 3 aromatic carbocycles. The normalized spacial score (nSPS) is 11.4. The van der Waals surface area contributed by atoms with Gasteiger partial charge in [0, 0.05) is 29.1 Å². The maximum absolute atomic E-state index is 13.2. The van der Waals surface area contributed by atoms with E-state index in [4.69, 9.17) is 0 Å². The molecular weight excluding hydrogens is 474 g/mol. The molecule has 6 nitrogen and oxygen atoms in total. The molecule has 11 heteroatoms. The molecule has 0 amide bonds. The zero-order valence-corrected chi connectivity index (χ0v) is 18.0. The van der Waals surface area contributed by atoms with Crippen LogP contribution < -0.4 is 4.74 Å². The average Bonchev–Trinajstić information content (AvgIpc) is 3.22. The number of nitrogens with zero attached hydrogens (tertiary/aromatic N) is 3. The zero-order valence-electron chi connectivity index (χ0n) is 17.2. The molecule has 0 bridgehead atoms. The standard InChI is InChI=1S/C23H15F4N3O3S/c24-17-6-4-15(5-7-17)14-34-22-28-13-21(16-2-1-3-19(12-16)30(31)32)29(22)18-8-10-20(11-9-18)33-23(25,26)27/h1-13H,14H2. The number of hydrogen-bond acceptors (Lipinski definition) is 5. The fourth-order valence-electron chi connectivity index (χ4n) is 3.19. The van der Waals surface area contributed by atoms with Gasteiger partial charge in [-0.15, -0.1) is 13.2 Å². The Morgan fingerprint density at radius 2 is 1.74 bits per heavy atom. The molecule has 0 fully saturated rings. The van der Waals surface area contributed by atoms with Gasteiger partial charge in [0.05, 0.1) is 16.8 Å². The highest BCUT2D eigenvalue weighted by molar-refractivity contribution is 7.98. The van der Waals surface area contributed by atoms with Crippen LogP contribution in [0.2, 0.25) is 0 Å². The fraction of sp³-hybridized carbons (Fsp3) is 0.0870. The van der Waals surface area contributed by atoms with Crippen molar-refractivity contribution in [2.75, 3.05) is 0 Å².